The fourth-order valence-electron chi connectivity index (χ4n) is 2.07. The predicted octanol–water partition coefficient (Wildman–Crippen LogP) is 4.15. The number of amidine groups is 1. The van der Waals surface area contributed by atoms with Gasteiger partial charge >= 0.3 is 0 Å². The number of hydrogen-bond donors (Lipinski definition) is 2. The molecule has 0 amide bonds. The minimum Gasteiger partial charge on any atom is -0.457 e. The highest BCUT2D eigenvalue weighted by atomic mass is 35.5. The van der Waals surface area contributed by atoms with E-state index in [2.05, 4.69) is 5.16 Å². The van der Waals surface area contributed by atoms with Gasteiger partial charge in [-0.2, -0.15) is 0 Å². The number of hydrogen-bond acceptors (Lipinski definition) is 3. The maximum atomic E-state index is 8.86. The van der Waals surface area contributed by atoms with Gasteiger partial charge in [0.15, 0.2) is 5.84 Å². The molecule has 2 aromatic rings. The number of halogens is 1. The molecule has 0 aliphatic rings. The molecule has 5 heteroatoms. The summed E-state index contributed by atoms with van der Waals surface area (Å²) in [4.78, 5) is 0. The first-order valence-electron chi connectivity index (χ1n) is 6.45. The minimum absolute atomic E-state index is 0.00686. The molecule has 0 bridgehead atoms. The second-order valence-electron chi connectivity index (χ2n) is 4.96. The Kier molecular flexibility index (Phi) is 4.38. The summed E-state index contributed by atoms with van der Waals surface area (Å²) in [5.74, 6) is 1.20. The lowest BCUT2D eigenvalue weighted by Gasteiger charge is -2.13. The normalized spacial score (nSPS) is 11.5. The van der Waals surface area contributed by atoms with Crippen LogP contribution in [0.5, 0.6) is 11.5 Å². The highest BCUT2D eigenvalue weighted by Gasteiger charge is 2.11. The SMILES string of the molecule is Cc1ccc(C(N)=NO)c(Oc2cc(C)c(Cl)c(C)c2)c1. The Balaban J connectivity index is 2.46. The molecule has 0 heterocycles. The van der Waals surface area contributed by atoms with Gasteiger partial charge in [-0.1, -0.05) is 22.8 Å². The van der Waals surface area contributed by atoms with Gasteiger partial charge in [-0.25, -0.2) is 0 Å². The van der Waals surface area contributed by atoms with Gasteiger partial charge in [0, 0.05) is 5.02 Å². The van der Waals surface area contributed by atoms with Gasteiger partial charge in [-0.05, 0) is 61.7 Å². The Bertz CT molecular complexity index is 688. The number of nitrogens with zero attached hydrogens (tertiary/aromatic N) is 1. The van der Waals surface area contributed by atoms with Crippen LogP contribution in [0.15, 0.2) is 35.5 Å². The van der Waals surface area contributed by atoms with Gasteiger partial charge in [-0.3, -0.25) is 0 Å². The van der Waals surface area contributed by atoms with E-state index in [1.807, 2.05) is 45.0 Å². The van der Waals surface area contributed by atoms with E-state index in [1.54, 1.807) is 6.07 Å². The first kappa shape index (κ1) is 15.2. The van der Waals surface area contributed by atoms with E-state index < -0.39 is 0 Å². The summed E-state index contributed by atoms with van der Waals surface area (Å²) in [5.41, 5.74) is 9.10. The molecule has 21 heavy (non-hydrogen) atoms. The fraction of sp³-hybridized carbons (Fsp3) is 0.188. The van der Waals surface area contributed by atoms with Gasteiger partial charge in [-0.15, -0.1) is 0 Å². The van der Waals surface area contributed by atoms with Crippen molar-refractivity contribution in [3.05, 3.63) is 57.6 Å². The van der Waals surface area contributed by atoms with Crippen molar-refractivity contribution in [2.45, 2.75) is 20.8 Å². The van der Waals surface area contributed by atoms with Crippen molar-refractivity contribution in [3.8, 4) is 11.5 Å². The average Bonchev–Trinajstić information content (AvgIpc) is 2.44. The highest BCUT2D eigenvalue weighted by molar-refractivity contribution is 6.32. The lowest BCUT2D eigenvalue weighted by atomic mass is 10.1. The van der Waals surface area contributed by atoms with Crippen LogP contribution in [-0.4, -0.2) is 11.0 Å². The van der Waals surface area contributed by atoms with Crippen LogP contribution in [0.25, 0.3) is 0 Å². The molecule has 110 valence electrons. The number of benzene rings is 2. The Morgan fingerprint density at radius 3 is 2.33 bits per heavy atom. The standard InChI is InChI=1S/C16H17ClN2O2/c1-9-4-5-13(16(18)19-20)14(6-9)21-12-7-10(2)15(17)11(3)8-12/h4-8,20H,1-3H3,(H2,18,19). The second-order valence-corrected chi connectivity index (χ2v) is 5.34. The monoisotopic (exact) mass is 304 g/mol. The molecule has 3 N–H and O–H groups in total. The van der Waals surface area contributed by atoms with Crippen molar-refractivity contribution < 1.29 is 9.94 Å². The van der Waals surface area contributed by atoms with Crippen molar-refractivity contribution >= 4 is 17.4 Å². The predicted molar refractivity (Wildman–Crippen MR) is 84.7 cm³/mol. The third-order valence-corrected chi connectivity index (χ3v) is 3.75. The van der Waals surface area contributed by atoms with Crippen LogP contribution < -0.4 is 10.5 Å². The quantitative estimate of drug-likeness (QED) is 0.387. The number of aryl methyl sites for hydroxylation is 3. The number of rotatable bonds is 3. The fourth-order valence-corrected chi connectivity index (χ4v) is 2.18. The maximum Gasteiger partial charge on any atom is 0.173 e. The van der Waals surface area contributed by atoms with Crippen molar-refractivity contribution in [2.24, 2.45) is 10.9 Å². The van der Waals surface area contributed by atoms with Crippen LogP contribution in [0.3, 0.4) is 0 Å². The molecule has 0 saturated heterocycles. The summed E-state index contributed by atoms with van der Waals surface area (Å²) < 4.78 is 5.90. The summed E-state index contributed by atoms with van der Waals surface area (Å²) in [6, 6.07) is 9.18. The van der Waals surface area contributed by atoms with Gasteiger partial charge in [0.25, 0.3) is 0 Å². The van der Waals surface area contributed by atoms with Crippen molar-refractivity contribution in [1.82, 2.24) is 0 Å². The van der Waals surface area contributed by atoms with Crippen LogP contribution in [0, 0.1) is 20.8 Å². The summed E-state index contributed by atoms with van der Waals surface area (Å²) >= 11 is 6.15. The van der Waals surface area contributed by atoms with Crippen LogP contribution in [0.4, 0.5) is 0 Å². The highest BCUT2D eigenvalue weighted by Crippen LogP contribution is 2.31. The Morgan fingerprint density at radius 2 is 1.76 bits per heavy atom. The zero-order chi connectivity index (χ0) is 15.6. The van der Waals surface area contributed by atoms with E-state index in [0.29, 0.717) is 17.1 Å². The first-order valence-corrected chi connectivity index (χ1v) is 6.83. The van der Waals surface area contributed by atoms with Crippen molar-refractivity contribution in [2.75, 3.05) is 0 Å². The summed E-state index contributed by atoms with van der Waals surface area (Å²) in [6.45, 7) is 5.78. The average molecular weight is 305 g/mol. The summed E-state index contributed by atoms with van der Waals surface area (Å²) in [5, 5.41) is 12.6. The van der Waals surface area contributed by atoms with Gasteiger partial charge in [0.2, 0.25) is 0 Å². The Hall–Kier alpha value is -2.20. The molecule has 0 atom stereocenters. The molecule has 4 nitrogen and oxygen atoms in total. The largest absolute Gasteiger partial charge is 0.457 e. The van der Waals surface area contributed by atoms with E-state index in [-0.39, 0.29) is 5.84 Å². The van der Waals surface area contributed by atoms with E-state index in [0.717, 1.165) is 21.7 Å². The Labute approximate surface area is 128 Å². The molecule has 0 spiro atoms. The van der Waals surface area contributed by atoms with Crippen LogP contribution in [0.1, 0.15) is 22.3 Å². The van der Waals surface area contributed by atoms with E-state index in [4.69, 9.17) is 27.3 Å². The lowest BCUT2D eigenvalue weighted by Crippen LogP contribution is -2.14. The van der Waals surface area contributed by atoms with Crippen LogP contribution in [0.2, 0.25) is 5.02 Å². The molecule has 0 unspecified atom stereocenters. The number of nitrogens with two attached hydrogens (primary N) is 1. The molecule has 0 radical (unpaired) electrons. The molecular weight excluding hydrogens is 288 g/mol. The molecule has 0 saturated carbocycles. The molecule has 2 aromatic carbocycles. The van der Waals surface area contributed by atoms with Crippen molar-refractivity contribution in [3.63, 3.8) is 0 Å². The molecular formula is C16H17ClN2O2. The van der Waals surface area contributed by atoms with Crippen LogP contribution in [-0.2, 0) is 0 Å². The summed E-state index contributed by atoms with van der Waals surface area (Å²) in [6.07, 6.45) is 0. The minimum atomic E-state index is 0.00686. The number of oxime groups is 1. The molecule has 0 aliphatic carbocycles. The van der Waals surface area contributed by atoms with Gasteiger partial charge in [0.1, 0.15) is 11.5 Å². The Morgan fingerprint density at radius 1 is 1.14 bits per heavy atom. The zero-order valence-electron chi connectivity index (χ0n) is 12.1. The maximum absolute atomic E-state index is 8.86. The van der Waals surface area contributed by atoms with Gasteiger partial charge in [0.05, 0.1) is 5.56 Å². The van der Waals surface area contributed by atoms with Crippen LogP contribution >= 0.6 is 11.6 Å². The smallest absolute Gasteiger partial charge is 0.173 e. The second kappa shape index (κ2) is 6.06. The third kappa shape index (κ3) is 3.28. The van der Waals surface area contributed by atoms with Gasteiger partial charge < -0.3 is 15.7 Å². The molecule has 0 fully saturated rings. The number of ether oxygens (including phenoxy) is 1. The lowest BCUT2D eigenvalue weighted by molar-refractivity contribution is 0.318. The molecule has 0 aromatic heterocycles. The first-order chi connectivity index (χ1) is 9.92. The zero-order valence-corrected chi connectivity index (χ0v) is 12.9. The topological polar surface area (TPSA) is 67.8 Å². The third-order valence-electron chi connectivity index (χ3n) is 3.16. The van der Waals surface area contributed by atoms with Crippen molar-refractivity contribution in [1.29, 1.82) is 0 Å². The summed E-state index contributed by atoms with van der Waals surface area (Å²) in [7, 11) is 0. The van der Waals surface area contributed by atoms with E-state index in [9.17, 15) is 0 Å². The molecule has 0 aliphatic heterocycles. The molecule has 2 rings (SSSR count). The van der Waals surface area contributed by atoms with E-state index in [1.165, 1.54) is 0 Å². The van der Waals surface area contributed by atoms with E-state index >= 15 is 0 Å².